The molecule has 1 aliphatic heterocycles. The molecule has 1 heterocycles. The molecule has 2 aromatic rings. The minimum absolute atomic E-state index is 0.369. The van der Waals surface area contributed by atoms with Gasteiger partial charge in [0, 0.05) is 11.6 Å². The molecule has 0 aliphatic carbocycles. The molecule has 0 radical (unpaired) electrons. The van der Waals surface area contributed by atoms with Crippen LogP contribution < -0.4 is 24.4 Å². The predicted octanol–water partition coefficient (Wildman–Crippen LogP) is 2.24. The third-order valence-corrected chi connectivity index (χ3v) is 3.56. The first-order valence-electron chi connectivity index (χ1n) is 7.66. The van der Waals surface area contributed by atoms with Crippen LogP contribution in [0.15, 0.2) is 41.5 Å². The van der Waals surface area contributed by atoms with Gasteiger partial charge in [0.15, 0.2) is 11.5 Å². The van der Waals surface area contributed by atoms with Crippen molar-refractivity contribution in [3.05, 3.63) is 47.5 Å². The maximum Gasteiger partial charge on any atom is 0.271 e. The fourth-order valence-corrected chi connectivity index (χ4v) is 2.31. The van der Waals surface area contributed by atoms with Crippen molar-refractivity contribution >= 4 is 12.1 Å². The molecule has 7 heteroatoms. The highest BCUT2D eigenvalue weighted by molar-refractivity contribution is 5.95. The Morgan fingerprint density at radius 2 is 1.72 bits per heavy atom. The first-order chi connectivity index (χ1) is 12.2. The van der Waals surface area contributed by atoms with Gasteiger partial charge >= 0.3 is 0 Å². The molecule has 0 spiro atoms. The summed E-state index contributed by atoms with van der Waals surface area (Å²) < 4.78 is 21.3. The number of nitrogens with zero attached hydrogens (tertiary/aromatic N) is 1. The van der Waals surface area contributed by atoms with Crippen molar-refractivity contribution in [2.75, 3.05) is 27.4 Å². The van der Waals surface area contributed by atoms with Gasteiger partial charge in [-0.2, -0.15) is 5.10 Å². The highest BCUT2D eigenvalue weighted by Gasteiger charge is 2.11. The van der Waals surface area contributed by atoms with Crippen molar-refractivity contribution in [2.24, 2.45) is 5.10 Å². The molecule has 130 valence electrons. The van der Waals surface area contributed by atoms with Crippen LogP contribution in [-0.2, 0) is 0 Å². The molecule has 2 aromatic carbocycles. The Kier molecular flexibility index (Phi) is 5.03. The van der Waals surface area contributed by atoms with E-state index >= 15 is 0 Å². The fraction of sp³-hybridized carbons (Fsp3) is 0.222. The Labute approximate surface area is 145 Å². The largest absolute Gasteiger partial charge is 0.497 e. The molecular formula is C18H18N2O5. The average Bonchev–Trinajstić information content (AvgIpc) is 2.67. The summed E-state index contributed by atoms with van der Waals surface area (Å²) in [5.41, 5.74) is 3.65. The minimum Gasteiger partial charge on any atom is -0.497 e. The quantitative estimate of drug-likeness (QED) is 0.666. The maximum absolute atomic E-state index is 12.2. The molecule has 1 amide bonds. The van der Waals surface area contributed by atoms with Crippen molar-refractivity contribution in [1.82, 2.24) is 5.43 Å². The van der Waals surface area contributed by atoms with Gasteiger partial charge in [-0.15, -0.1) is 0 Å². The van der Waals surface area contributed by atoms with Crippen LogP contribution in [-0.4, -0.2) is 39.6 Å². The molecule has 1 aliphatic rings. The zero-order chi connectivity index (χ0) is 17.6. The second-order valence-electron chi connectivity index (χ2n) is 5.20. The Balaban J connectivity index is 1.68. The molecule has 0 atom stereocenters. The van der Waals surface area contributed by atoms with Gasteiger partial charge in [-0.1, -0.05) is 0 Å². The van der Waals surface area contributed by atoms with E-state index < -0.39 is 0 Å². The van der Waals surface area contributed by atoms with Crippen molar-refractivity contribution in [3.63, 3.8) is 0 Å². The van der Waals surface area contributed by atoms with Crippen molar-refractivity contribution in [2.45, 2.75) is 0 Å². The molecule has 0 saturated heterocycles. The van der Waals surface area contributed by atoms with Gasteiger partial charge in [0.2, 0.25) is 0 Å². The van der Waals surface area contributed by atoms with Crippen LogP contribution >= 0.6 is 0 Å². The molecule has 0 saturated carbocycles. The summed E-state index contributed by atoms with van der Waals surface area (Å²) >= 11 is 0. The van der Waals surface area contributed by atoms with Crippen LogP contribution in [0.4, 0.5) is 0 Å². The number of hydrogen-bond acceptors (Lipinski definition) is 6. The average molecular weight is 342 g/mol. The molecule has 0 aromatic heterocycles. The first-order valence-corrected chi connectivity index (χ1v) is 7.66. The standard InChI is InChI=1S/C18H18N2O5/c1-22-14-8-13(9-15(10-14)23-2)18(21)20-19-11-12-3-4-16-17(7-12)25-6-5-24-16/h3-4,7-11H,5-6H2,1-2H3,(H,20,21)/b19-11-. The van der Waals surface area contributed by atoms with Crippen molar-refractivity contribution in [1.29, 1.82) is 0 Å². The molecule has 7 nitrogen and oxygen atoms in total. The number of carbonyl (C=O) groups is 1. The lowest BCUT2D eigenvalue weighted by molar-refractivity contribution is 0.0954. The highest BCUT2D eigenvalue weighted by atomic mass is 16.6. The monoisotopic (exact) mass is 342 g/mol. The number of nitrogens with one attached hydrogen (secondary N) is 1. The van der Waals surface area contributed by atoms with Gasteiger partial charge in [0.05, 0.1) is 20.4 Å². The smallest absolute Gasteiger partial charge is 0.271 e. The molecular weight excluding hydrogens is 324 g/mol. The second-order valence-corrected chi connectivity index (χ2v) is 5.20. The number of fused-ring (bicyclic) bond motifs is 1. The van der Waals surface area contributed by atoms with Gasteiger partial charge < -0.3 is 18.9 Å². The van der Waals surface area contributed by atoms with Crippen LogP contribution in [0.1, 0.15) is 15.9 Å². The summed E-state index contributed by atoms with van der Waals surface area (Å²) in [7, 11) is 3.05. The van der Waals surface area contributed by atoms with E-state index in [9.17, 15) is 4.79 Å². The van der Waals surface area contributed by atoms with Gasteiger partial charge in [-0.25, -0.2) is 5.43 Å². The van der Waals surface area contributed by atoms with E-state index in [4.69, 9.17) is 18.9 Å². The number of methoxy groups -OCH3 is 2. The van der Waals surface area contributed by atoms with Crippen molar-refractivity contribution < 1.29 is 23.7 Å². The van der Waals surface area contributed by atoms with E-state index in [2.05, 4.69) is 10.5 Å². The van der Waals surface area contributed by atoms with Crippen LogP contribution in [0.5, 0.6) is 23.0 Å². The van der Waals surface area contributed by atoms with Gasteiger partial charge in [-0.3, -0.25) is 4.79 Å². The van der Waals surface area contributed by atoms with E-state index in [1.165, 1.54) is 20.4 Å². The third kappa shape index (κ3) is 4.00. The number of ether oxygens (including phenoxy) is 4. The number of rotatable bonds is 5. The topological polar surface area (TPSA) is 78.4 Å². The van der Waals surface area contributed by atoms with Gasteiger partial charge in [0.25, 0.3) is 5.91 Å². The Bertz CT molecular complexity index is 782. The maximum atomic E-state index is 12.2. The minimum atomic E-state index is -0.369. The lowest BCUT2D eigenvalue weighted by atomic mass is 10.2. The zero-order valence-electron chi connectivity index (χ0n) is 13.9. The number of benzene rings is 2. The van der Waals surface area contributed by atoms with Gasteiger partial charge in [-0.05, 0) is 35.9 Å². The Morgan fingerprint density at radius 1 is 1.04 bits per heavy atom. The van der Waals surface area contributed by atoms with Crippen LogP contribution in [0.25, 0.3) is 0 Å². The van der Waals surface area contributed by atoms with E-state index in [-0.39, 0.29) is 5.91 Å². The van der Waals surface area contributed by atoms with E-state index in [1.807, 2.05) is 12.1 Å². The third-order valence-electron chi connectivity index (χ3n) is 3.56. The summed E-state index contributed by atoms with van der Waals surface area (Å²) in [6, 6.07) is 10.4. The van der Waals surface area contributed by atoms with Crippen molar-refractivity contribution in [3.8, 4) is 23.0 Å². The van der Waals surface area contributed by atoms with Gasteiger partial charge in [0.1, 0.15) is 24.7 Å². The summed E-state index contributed by atoms with van der Waals surface area (Å²) in [5.74, 6) is 2.06. The molecule has 0 bridgehead atoms. The summed E-state index contributed by atoms with van der Waals surface area (Å²) in [6.07, 6.45) is 1.54. The van der Waals surface area contributed by atoms with E-state index in [1.54, 1.807) is 24.3 Å². The fourth-order valence-electron chi connectivity index (χ4n) is 2.31. The lowest BCUT2D eigenvalue weighted by Gasteiger charge is -2.18. The Morgan fingerprint density at radius 3 is 2.40 bits per heavy atom. The van der Waals surface area contributed by atoms with Crippen LogP contribution in [0, 0.1) is 0 Å². The summed E-state index contributed by atoms with van der Waals surface area (Å²) in [6.45, 7) is 1.06. The lowest BCUT2D eigenvalue weighted by Crippen LogP contribution is -2.18. The summed E-state index contributed by atoms with van der Waals surface area (Å²) in [5, 5.41) is 3.98. The summed E-state index contributed by atoms with van der Waals surface area (Å²) in [4.78, 5) is 12.2. The number of hydrogen-bond donors (Lipinski definition) is 1. The molecule has 0 unspecified atom stereocenters. The second kappa shape index (κ2) is 7.57. The van der Waals surface area contributed by atoms with Crippen LogP contribution in [0.2, 0.25) is 0 Å². The Hall–Kier alpha value is -3.22. The molecule has 1 N–H and O–H groups in total. The molecule has 25 heavy (non-hydrogen) atoms. The molecule has 0 fully saturated rings. The zero-order valence-corrected chi connectivity index (χ0v) is 13.9. The first kappa shape index (κ1) is 16.6. The normalized spacial score (nSPS) is 12.7. The number of amides is 1. The number of carbonyl (C=O) groups excluding carboxylic acids is 1. The molecule has 3 rings (SSSR count). The van der Waals surface area contributed by atoms with E-state index in [0.717, 1.165) is 5.56 Å². The predicted molar refractivity (Wildman–Crippen MR) is 92.0 cm³/mol. The van der Waals surface area contributed by atoms with Crippen LogP contribution in [0.3, 0.4) is 0 Å². The highest BCUT2D eigenvalue weighted by Crippen LogP contribution is 2.30. The SMILES string of the molecule is COc1cc(OC)cc(C(=O)N/N=C\c2ccc3c(c2)OCCO3)c1. The van der Waals surface area contributed by atoms with E-state index in [0.29, 0.717) is 41.8 Å². The number of hydrazone groups is 1.